The van der Waals surface area contributed by atoms with Crippen LogP contribution >= 0.6 is 0 Å². The van der Waals surface area contributed by atoms with Crippen LogP contribution in [0.15, 0.2) is 36.7 Å². The average molecular weight is 463 g/mol. The number of nitrogens with zero attached hydrogens (tertiary/aromatic N) is 5. The molecule has 34 heavy (non-hydrogen) atoms. The topological polar surface area (TPSA) is 92.6 Å². The number of carbonyl (C=O) groups excluding carboxylic acids is 2. The van der Waals surface area contributed by atoms with Gasteiger partial charge in [-0.25, -0.2) is 9.97 Å². The van der Waals surface area contributed by atoms with E-state index in [1.807, 2.05) is 29.5 Å². The number of nitrogens with one attached hydrogen (secondary N) is 1. The lowest BCUT2D eigenvalue weighted by molar-refractivity contribution is -0.129. The Labute approximate surface area is 198 Å². The molecule has 1 N–H and O–H groups in total. The molecule has 0 radical (unpaired) electrons. The normalized spacial score (nSPS) is 19.4. The molecule has 1 aromatic carbocycles. The number of fused-ring (bicyclic) bond motifs is 1. The van der Waals surface area contributed by atoms with Gasteiger partial charge in [-0.05, 0) is 25.1 Å². The average Bonchev–Trinajstić information content (AvgIpc) is 3.45. The summed E-state index contributed by atoms with van der Waals surface area (Å²) in [6.07, 6.45) is 2.08. The first-order chi connectivity index (χ1) is 16.4. The minimum Gasteiger partial charge on any atom is -0.473 e. The number of hydrogen-bond acceptors (Lipinski definition) is 6. The number of carbonyl (C=O) groups is 2. The third kappa shape index (κ3) is 4.30. The zero-order chi connectivity index (χ0) is 23.8. The minimum absolute atomic E-state index is 0.0654. The van der Waals surface area contributed by atoms with Crippen molar-refractivity contribution in [2.75, 3.05) is 37.6 Å². The molecule has 0 unspecified atom stereocenters. The van der Waals surface area contributed by atoms with E-state index in [0.717, 1.165) is 54.2 Å². The van der Waals surface area contributed by atoms with Gasteiger partial charge in [0.2, 0.25) is 17.7 Å². The molecule has 2 saturated heterocycles. The van der Waals surface area contributed by atoms with Crippen LogP contribution in [0, 0.1) is 5.92 Å². The Balaban J connectivity index is 1.38. The predicted octanol–water partition coefficient (Wildman–Crippen LogP) is 2.21. The Kier molecular flexibility index (Phi) is 5.85. The fourth-order valence-electron chi connectivity index (χ4n) is 4.72. The second-order valence-corrected chi connectivity index (χ2v) is 9.17. The van der Waals surface area contributed by atoms with Crippen LogP contribution in [0.3, 0.4) is 0 Å². The lowest BCUT2D eigenvalue weighted by Crippen LogP contribution is -2.48. The van der Waals surface area contributed by atoms with Crippen molar-refractivity contribution < 1.29 is 14.3 Å². The summed E-state index contributed by atoms with van der Waals surface area (Å²) in [4.78, 5) is 36.8. The van der Waals surface area contributed by atoms with Crippen LogP contribution in [0.2, 0.25) is 0 Å². The van der Waals surface area contributed by atoms with Gasteiger partial charge in [-0.2, -0.15) is 0 Å². The summed E-state index contributed by atoms with van der Waals surface area (Å²) >= 11 is 0. The van der Waals surface area contributed by atoms with Crippen LogP contribution in [0.5, 0.6) is 5.88 Å². The summed E-state index contributed by atoms with van der Waals surface area (Å²) in [5, 5.41) is 2.88. The molecule has 2 aliphatic rings. The molecule has 3 aromatic rings. The van der Waals surface area contributed by atoms with Crippen LogP contribution < -0.4 is 15.0 Å². The van der Waals surface area contributed by atoms with Gasteiger partial charge < -0.3 is 24.4 Å². The van der Waals surface area contributed by atoms with Crippen LogP contribution in [0.4, 0.5) is 5.69 Å². The summed E-state index contributed by atoms with van der Waals surface area (Å²) in [5.74, 6) is 0.845. The highest BCUT2D eigenvalue weighted by Gasteiger charge is 2.29. The quantitative estimate of drug-likeness (QED) is 0.625. The van der Waals surface area contributed by atoms with Gasteiger partial charge in [-0.3, -0.25) is 9.59 Å². The molecule has 9 heteroatoms. The van der Waals surface area contributed by atoms with Gasteiger partial charge >= 0.3 is 0 Å². The molecule has 178 valence electrons. The Bertz CT molecular complexity index is 1210. The molecule has 2 atom stereocenters. The molecular formula is C25H30N6O3. The number of hydrogen-bond donors (Lipinski definition) is 1. The van der Waals surface area contributed by atoms with E-state index in [2.05, 4.69) is 39.5 Å². The molecule has 0 aliphatic carbocycles. The Morgan fingerprint density at radius 3 is 2.56 bits per heavy atom. The van der Waals surface area contributed by atoms with Gasteiger partial charge in [0.25, 0.3) is 0 Å². The van der Waals surface area contributed by atoms with E-state index in [1.165, 1.54) is 0 Å². The number of benzene rings is 1. The van der Waals surface area contributed by atoms with Crippen LogP contribution in [0.1, 0.15) is 20.3 Å². The number of aromatic nitrogens is 3. The van der Waals surface area contributed by atoms with E-state index in [-0.39, 0.29) is 23.8 Å². The van der Waals surface area contributed by atoms with Crippen molar-refractivity contribution in [2.45, 2.75) is 26.4 Å². The van der Waals surface area contributed by atoms with Crippen LogP contribution in [0.25, 0.3) is 22.3 Å². The van der Waals surface area contributed by atoms with Crippen molar-refractivity contribution in [2.24, 2.45) is 13.0 Å². The second-order valence-electron chi connectivity index (χ2n) is 9.17. The summed E-state index contributed by atoms with van der Waals surface area (Å²) in [7, 11) is 1.93. The fraction of sp³-hybridized carbons (Fsp3) is 0.440. The number of imidazole rings is 1. The molecule has 5 rings (SSSR count). The van der Waals surface area contributed by atoms with Gasteiger partial charge in [0, 0.05) is 70.3 Å². The largest absolute Gasteiger partial charge is 0.473 e. The monoisotopic (exact) mass is 462 g/mol. The maximum atomic E-state index is 11.6. The first kappa shape index (κ1) is 22.2. The van der Waals surface area contributed by atoms with Crippen molar-refractivity contribution >= 4 is 28.5 Å². The summed E-state index contributed by atoms with van der Waals surface area (Å²) in [6.45, 7) is 7.38. The predicted molar refractivity (Wildman–Crippen MR) is 130 cm³/mol. The highest BCUT2D eigenvalue weighted by molar-refractivity contribution is 5.85. The number of piperazine rings is 1. The second kappa shape index (κ2) is 8.96. The lowest BCUT2D eigenvalue weighted by Gasteiger charge is -2.35. The van der Waals surface area contributed by atoms with Gasteiger partial charge in [0.15, 0.2) is 0 Å². The van der Waals surface area contributed by atoms with Crippen molar-refractivity contribution in [3.05, 3.63) is 36.7 Å². The van der Waals surface area contributed by atoms with Crippen molar-refractivity contribution in [1.82, 2.24) is 24.8 Å². The summed E-state index contributed by atoms with van der Waals surface area (Å²) < 4.78 is 8.22. The van der Waals surface area contributed by atoms with Crippen molar-refractivity contribution in [3.63, 3.8) is 0 Å². The zero-order valence-electron chi connectivity index (χ0n) is 19.8. The molecule has 0 spiro atoms. The number of amides is 2. The highest BCUT2D eigenvalue weighted by Crippen LogP contribution is 2.31. The first-order valence-corrected chi connectivity index (χ1v) is 11.8. The van der Waals surface area contributed by atoms with Gasteiger partial charge in [0.05, 0.1) is 17.5 Å². The van der Waals surface area contributed by atoms with Crippen molar-refractivity contribution in [3.8, 4) is 17.1 Å². The van der Waals surface area contributed by atoms with Crippen LogP contribution in [-0.4, -0.2) is 70.1 Å². The standard InChI is InChI=1S/C25H30N6O3/c1-16(19-12-23(33)26-14-19)34-25-24-22(27-15-29(24)3)13-21(28-25)18-4-6-20(7-5-18)31-10-8-30(9-11-31)17(2)32/h4-7,13,15-16,19H,8-12,14H2,1-3H3,(H,26,33)/t16-,19-/m1/s1. The van der Waals surface area contributed by atoms with Crippen molar-refractivity contribution in [1.29, 1.82) is 0 Å². The van der Waals surface area contributed by atoms with Gasteiger partial charge in [-0.1, -0.05) is 12.1 Å². The SMILES string of the molecule is CC(=O)N1CCN(c2ccc(-c3cc4ncn(C)c4c(O[C@H](C)[C@H]4CNC(=O)C4)n3)cc2)CC1. The lowest BCUT2D eigenvalue weighted by atomic mass is 10.0. The molecule has 2 aliphatic heterocycles. The molecule has 2 fully saturated rings. The van der Waals surface area contributed by atoms with E-state index in [1.54, 1.807) is 13.3 Å². The Hall–Kier alpha value is -3.62. The number of rotatable bonds is 5. The molecule has 2 amide bonds. The van der Waals surface area contributed by atoms with Gasteiger partial charge in [0.1, 0.15) is 11.6 Å². The summed E-state index contributed by atoms with van der Waals surface area (Å²) in [6, 6.07) is 10.3. The molecule has 4 heterocycles. The number of aryl methyl sites for hydroxylation is 1. The smallest absolute Gasteiger partial charge is 0.241 e. The Morgan fingerprint density at radius 2 is 1.91 bits per heavy atom. The zero-order valence-corrected chi connectivity index (χ0v) is 19.8. The maximum absolute atomic E-state index is 11.6. The molecule has 9 nitrogen and oxygen atoms in total. The minimum atomic E-state index is -0.157. The summed E-state index contributed by atoms with van der Waals surface area (Å²) in [5.41, 5.74) is 4.57. The van der Waals surface area contributed by atoms with Crippen LogP contribution in [-0.2, 0) is 16.6 Å². The number of pyridine rings is 1. The Morgan fingerprint density at radius 1 is 1.18 bits per heavy atom. The maximum Gasteiger partial charge on any atom is 0.241 e. The van der Waals surface area contributed by atoms with Gasteiger partial charge in [-0.15, -0.1) is 0 Å². The third-order valence-corrected chi connectivity index (χ3v) is 6.89. The van der Waals surface area contributed by atoms with E-state index >= 15 is 0 Å². The molecule has 0 saturated carbocycles. The van der Waals surface area contributed by atoms with E-state index in [4.69, 9.17) is 9.72 Å². The fourth-order valence-corrected chi connectivity index (χ4v) is 4.72. The highest BCUT2D eigenvalue weighted by atomic mass is 16.5. The van der Waals surface area contributed by atoms with E-state index in [9.17, 15) is 9.59 Å². The molecular weight excluding hydrogens is 432 g/mol. The first-order valence-electron chi connectivity index (χ1n) is 11.8. The number of anilines is 1. The number of ether oxygens (including phenoxy) is 1. The molecule has 2 aromatic heterocycles. The third-order valence-electron chi connectivity index (χ3n) is 6.89. The van der Waals surface area contributed by atoms with E-state index < -0.39 is 0 Å². The molecule has 0 bridgehead atoms. The van der Waals surface area contributed by atoms with E-state index in [0.29, 0.717) is 18.8 Å².